The third-order valence-electron chi connectivity index (χ3n) is 3.75. The second-order valence-corrected chi connectivity index (χ2v) is 6.72. The Morgan fingerprint density at radius 1 is 1.26 bits per heavy atom. The summed E-state index contributed by atoms with van der Waals surface area (Å²) in [6.07, 6.45) is -1.02. The zero-order chi connectivity index (χ0) is 19.6. The summed E-state index contributed by atoms with van der Waals surface area (Å²) in [6.45, 7) is 1.78. The van der Waals surface area contributed by atoms with E-state index in [1.54, 1.807) is 29.9 Å². The van der Waals surface area contributed by atoms with Crippen LogP contribution >= 0.6 is 15.9 Å². The number of benzene rings is 1. The van der Waals surface area contributed by atoms with E-state index >= 15 is 0 Å². The Balaban J connectivity index is 1.66. The summed E-state index contributed by atoms with van der Waals surface area (Å²) in [5.74, 6) is -0.479. The number of carbonyl (C=O) groups excluding carboxylic acids is 1. The fourth-order valence-electron chi connectivity index (χ4n) is 2.45. The fraction of sp³-hybridized carbons (Fsp3) is 0.235. The van der Waals surface area contributed by atoms with E-state index in [4.69, 9.17) is 0 Å². The number of carbonyl (C=O) groups is 1. The van der Waals surface area contributed by atoms with E-state index in [1.807, 2.05) is 0 Å². The highest BCUT2D eigenvalue weighted by molar-refractivity contribution is 9.10. The molecule has 0 radical (unpaired) electrons. The lowest BCUT2D eigenvalue weighted by Crippen LogP contribution is -2.21. The fourth-order valence-corrected chi connectivity index (χ4v) is 2.86. The summed E-state index contributed by atoms with van der Waals surface area (Å²) in [4.78, 5) is 12.2. The second-order valence-electron chi connectivity index (χ2n) is 5.87. The monoisotopic (exact) mass is 441 g/mol. The van der Waals surface area contributed by atoms with Crippen molar-refractivity contribution < 1.29 is 18.0 Å². The summed E-state index contributed by atoms with van der Waals surface area (Å²) >= 11 is 3.31. The van der Waals surface area contributed by atoms with Crippen LogP contribution in [0.15, 0.2) is 41.0 Å². The number of aromatic nitrogens is 4. The number of hydrogen-bond acceptors (Lipinski definition) is 3. The Kier molecular flexibility index (Phi) is 5.64. The molecular formula is C17H15BrF3N5O. The molecule has 0 aliphatic carbocycles. The summed E-state index contributed by atoms with van der Waals surface area (Å²) in [5, 5.41) is 10.6. The average molecular weight is 442 g/mol. The van der Waals surface area contributed by atoms with E-state index in [9.17, 15) is 18.0 Å². The van der Waals surface area contributed by atoms with Gasteiger partial charge in [0.25, 0.3) is 6.43 Å². The van der Waals surface area contributed by atoms with Gasteiger partial charge < -0.3 is 5.32 Å². The molecule has 0 spiro atoms. The van der Waals surface area contributed by atoms with E-state index < -0.39 is 12.3 Å². The van der Waals surface area contributed by atoms with Crippen molar-refractivity contribution in [3.8, 4) is 0 Å². The zero-order valence-electron chi connectivity index (χ0n) is 14.2. The summed E-state index contributed by atoms with van der Waals surface area (Å²) < 4.78 is 41.7. The van der Waals surface area contributed by atoms with Crippen molar-refractivity contribution in [1.82, 2.24) is 19.6 Å². The lowest BCUT2D eigenvalue weighted by molar-refractivity contribution is -0.117. The standard InChI is InChI=1S/C17H15BrF3N5O/c1-10-6-14(16(20)21)23-26(10)9-15(27)22-17-13(18)8-25(24-17)7-11-2-4-12(19)5-3-11/h2-6,8,16H,7,9H2,1H3,(H,22,24,27). The predicted molar refractivity (Wildman–Crippen MR) is 96.0 cm³/mol. The van der Waals surface area contributed by atoms with Crippen LogP contribution in [-0.4, -0.2) is 25.5 Å². The van der Waals surface area contributed by atoms with Gasteiger partial charge in [-0.2, -0.15) is 10.2 Å². The van der Waals surface area contributed by atoms with Crippen molar-refractivity contribution in [3.63, 3.8) is 0 Å². The largest absolute Gasteiger partial charge is 0.307 e. The van der Waals surface area contributed by atoms with Gasteiger partial charge in [0.2, 0.25) is 5.91 Å². The number of rotatable bonds is 6. The topological polar surface area (TPSA) is 64.7 Å². The molecule has 1 aromatic carbocycles. The quantitative estimate of drug-likeness (QED) is 0.630. The van der Waals surface area contributed by atoms with Gasteiger partial charge in [-0.25, -0.2) is 13.2 Å². The van der Waals surface area contributed by atoms with Crippen LogP contribution in [0.1, 0.15) is 23.4 Å². The Morgan fingerprint density at radius 3 is 2.59 bits per heavy atom. The van der Waals surface area contributed by atoms with Crippen LogP contribution in [-0.2, 0) is 17.9 Å². The van der Waals surface area contributed by atoms with Gasteiger partial charge in [0.1, 0.15) is 18.1 Å². The molecule has 0 aliphatic rings. The normalized spacial score (nSPS) is 11.2. The molecule has 1 N–H and O–H groups in total. The van der Waals surface area contributed by atoms with Gasteiger partial charge in [-0.1, -0.05) is 12.1 Å². The maximum Gasteiger partial charge on any atom is 0.282 e. The third kappa shape index (κ3) is 4.76. The van der Waals surface area contributed by atoms with Crippen LogP contribution < -0.4 is 5.32 Å². The average Bonchev–Trinajstić information content (AvgIpc) is 3.13. The minimum Gasteiger partial charge on any atom is -0.307 e. The second kappa shape index (κ2) is 7.95. The molecule has 0 saturated carbocycles. The van der Waals surface area contributed by atoms with Crippen molar-refractivity contribution >= 4 is 27.7 Å². The van der Waals surface area contributed by atoms with E-state index in [-0.39, 0.29) is 18.1 Å². The van der Waals surface area contributed by atoms with Gasteiger partial charge >= 0.3 is 0 Å². The van der Waals surface area contributed by atoms with Gasteiger partial charge in [-0.15, -0.1) is 0 Å². The minimum atomic E-state index is -2.69. The highest BCUT2D eigenvalue weighted by Crippen LogP contribution is 2.21. The van der Waals surface area contributed by atoms with Crippen molar-refractivity contribution in [2.75, 3.05) is 5.32 Å². The molecule has 6 nitrogen and oxygen atoms in total. The molecule has 27 heavy (non-hydrogen) atoms. The minimum absolute atomic E-state index is 0.212. The molecule has 0 fully saturated rings. The highest BCUT2D eigenvalue weighted by atomic mass is 79.9. The molecule has 3 aromatic rings. The summed E-state index contributed by atoms with van der Waals surface area (Å²) in [5.41, 5.74) is 0.933. The van der Waals surface area contributed by atoms with E-state index in [0.29, 0.717) is 22.5 Å². The number of hydrogen-bond donors (Lipinski definition) is 1. The molecular weight excluding hydrogens is 427 g/mol. The van der Waals surface area contributed by atoms with E-state index in [0.717, 1.165) is 5.56 Å². The summed E-state index contributed by atoms with van der Waals surface area (Å²) in [6, 6.07) is 7.24. The number of halogens is 4. The highest BCUT2D eigenvalue weighted by Gasteiger charge is 2.16. The molecule has 142 valence electrons. The first-order valence-electron chi connectivity index (χ1n) is 7.91. The molecule has 2 heterocycles. The van der Waals surface area contributed by atoms with Gasteiger partial charge in [0.15, 0.2) is 5.82 Å². The first kappa shape index (κ1) is 19.2. The van der Waals surface area contributed by atoms with E-state index in [1.165, 1.54) is 22.9 Å². The number of anilines is 1. The lowest BCUT2D eigenvalue weighted by Gasteiger charge is -2.05. The SMILES string of the molecule is Cc1cc(C(F)F)nn1CC(=O)Nc1nn(Cc2ccc(F)cc2)cc1Br. The third-order valence-corrected chi connectivity index (χ3v) is 4.33. The Bertz CT molecular complexity index is 952. The molecule has 0 unspecified atom stereocenters. The van der Waals surface area contributed by atoms with Crippen LogP contribution in [0.5, 0.6) is 0 Å². The number of amides is 1. The molecule has 1 amide bonds. The number of nitrogens with one attached hydrogen (secondary N) is 1. The maximum absolute atomic E-state index is 13.0. The van der Waals surface area contributed by atoms with Crippen molar-refractivity contribution in [1.29, 1.82) is 0 Å². The van der Waals surface area contributed by atoms with Gasteiger partial charge in [0, 0.05) is 11.9 Å². The first-order valence-corrected chi connectivity index (χ1v) is 8.71. The Morgan fingerprint density at radius 2 is 1.96 bits per heavy atom. The Labute approximate surface area is 161 Å². The molecule has 3 rings (SSSR count). The van der Waals surface area contributed by atoms with Crippen LogP contribution in [0.25, 0.3) is 0 Å². The van der Waals surface area contributed by atoms with Crippen LogP contribution in [0.2, 0.25) is 0 Å². The smallest absolute Gasteiger partial charge is 0.282 e. The number of aryl methyl sites for hydroxylation is 1. The maximum atomic E-state index is 13.0. The predicted octanol–water partition coefficient (Wildman–Crippen LogP) is 3.91. The van der Waals surface area contributed by atoms with Gasteiger partial charge in [-0.3, -0.25) is 14.2 Å². The zero-order valence-corrected chi connectivity index (χ0v) is 15.8. The van der Waals surface area contributed by atoms with Crippen LogP contribution in [0.4, 0.5) is 19.0 Å². The molecule has 0 aliphatic heterocycles. The number of nitrogens with zero attached hydrogens (tertiary/aromatic N) is 4. The van der Waals surface area contributed by atoms with Crippen LogP contribution in [0, 0.1) is 12.7 Å². The molecule has 2 aromatic heterocycles. The summed E-state index contributed by atoms with van der Waals surface area (Å²) in [7, 11) is 0. The van der Waals surface area contributed by atoms with Crippen LogP contribution in [0.3, 0.4) is 0 Å². The molecule has 10 heteroatoms. The Hall–Kier alpha value is -2.62. The van der Waals surface area contributed by atoms with Crippen molar-refractivity contribution in [3.05, 3.63) is 63.8 Å². The first-order chi connectivity index (χ1) is 12.8. The number of alkyl halides is 2. The molecule has 0 saturated heterocycles. The van der Waals surface area contributed by atoms with Crippen molar-refractivity contribution in [2.45, 2.75) is 26.4 Å². The van der Waals surface area contributed by atoms with Gasteiger partial charge in [-0.05, 0) is 46.6 Å². The lowest BCUT2D eigenvalue weighted by atomic mass is 10.2. The molecule has 0 atom stereocenters. The van der Waals surface area contributed by atoms with E-state index in [2.05, 4.69) is 31.4 Å². The molecule has 0 bridgehead atoms. The van der Waals surface area contributed by atoms with Crippen molar-refractivity contribution in [2.24, 2.45) is 0 Å². The van der Waals surface area contributed by atoms with Gasteiger partial charge in [0.05, 0.1) is 11.0 Å².